The van der Waals surface area contributed by atoms with Crippen molar-refractivity contribution in [3.05, 3.63) is 23.8 Å². The molecule has 4 heteroatoms. The van der Waals surface area contributed by atoms with Gasteiger partial charge in [-0.3, -0.25) is 0 Å². The molecule has 1 saturated heterocycles. The number of hydrogen-bond donors (Lipinski definition) is 2. The van der Waals surface area contributed by atoms with E-state index in [9.17, 15) is 5.11 Å². The summed E-state index contributed by atoms with van der Waals surface area (Å²) in [5, 5.41) is 12.9. The van der Waals surface area contributed by atoms with Crippen LogP contribution in [0.25, 0.3) is 0 Å². The molecular formula is C14H21N3O. The first-order valence-corrected chi connectivity index (χ1v) is 6.83. The molecule has 1 aromatic rings. The Balaban J connectivity index is 1.98. The summed E-state index contributed by atoms with van der Waals surface area (Å²) in [7, 11) is 0. The molecule has 2 heterocycles. The van der Waals surface area contributed by atoms with E-state index >= 15 is 0 Å². The summed E-state index contributed by atoms with van der Waals surface area (Å²) in [6, 6.07) is 6.54. The lowest BCUT2D eigenvalue weighted by Crippen LogP contribution is -2.44. The highest BCUT2D eigenvalue weighted by molar-refractivity contribution is 5.76. The molecule has 2 aliphatic rings. The number of aliphatic hydroxyl groups is 1. The van der Waals surface area contributed by atoms with Gasteiger partial charge in [-0.1, -0.05) is 12.1 Å². The molecular weight excluding hydrogens is 226 g/mol. The SMILES string of the molecule is OCN1CCCc2cccc(N3CCNCC3)c21. The average Bonchev–Trinajstić information content (AvgIpc) is 2.47. The first-order chi connectivity index (χ1) is 8.90. The maximum atomic E-state index is 9.56. The summed E-state index contributed by atoms with van der Waals surface area (Å²) in [6.45, 7) is 5.28. The Morgan fingerprint density at radius 3 is 2.78 bits per heavy atom. The average molecular weight is 247 g/mol. The van der Waals surface area contributed by atoms with E-state index in [1.807, 2.05) is 0 Å². The monoisotopic (exact) mass is 247 g/mol. The van der Waals surface area contributed by atoms with Gasteiger partial charge in [-0.2, -0.15) is 0 Å². The van der Waals surface area contributed by atoms with Crippen LogP contribution in [0.4, 0.5) is 11.4 Å². The number of fused-ring (bicyclic) bond motifs is 1. The van der Waals surface area contributed by atoms with Crippen molar-refractivity contribution in [2.24, 2.45) is 0 Å². The van der Waals surface area contributed by atoms with Gasteiger partial charge in [0.2, 0.25) is 0 Å². The molecule has 0 amide bonds. The van der Waals surface area contributed by atoms with Gasteiger partial charge in [-0.05, 0) is 24.5 Å². The first-order valence-electron chi connectivity index (χ1n) is 6.83. The molecule has 0 bridgehead atoms. The van der Waals surface area contributed by atoms with Gasteiger partial charge < -0.3 is 20.2 Å². The number of hydrogen-bond acceptors (Lipinski definition) is 4. The van der Waals surface area contributed by atoms with Crippen LogP contribution >= 0.6 is 0 Å². The van der Waals surface area contributed by atoms with E-state index in [-0.39, 0.29) is 6.73 Å². The molecule has 1 aromatic carbocycles. The lowest BCUT2D eigenvalue weighted by molar-refractivity contribution is 0.288. The third-order valence-electron chi connectivity index (χ3n) is 3.92. The molecule has 1 fully saturated rings. The molecule has 2 aliphatic heterocycles. The summed E-state index contributed by atoms with van der Waals surface area (Å²) in [6.07, 6.45) is 2.27. The zero-order valence-corrected chi connectivity index (χ0v) is 10.7. The molecule has 0 unspecified atom stereocenters. The molecule has 0 aromatic heterocycles. The third kappa shape index (κ3) is 2.06. The summed E-state index contributed by atoms with van der Waals surface area (Å²) >= 11 is 0. The molecule has 0 spiro atoms. The van der Waals surface area contributed by atoms with E-state index in [0.29, 0.717) is 0 Å². The minimum absolute atomic E-state index is 0.121. The molecule has 18 heavy (non-hydrogen) atoms. The van der Waals surface area contributed by atoms with Gasteiger partial charge in [0.25, 0.3) is 0 Å². The van der Waals surface area contributed by atoms with Crippen LogP contribution in [-0.2, 0) is 6.42 Å². The third-order valence-corrected chi connectivity index (χ3v) is 3.92. The first kappa shape index (κ1) is 11.8. The topological polar surface area (TPSA) is 38.7 Å². The maximum Gasteiger partial charge on any atom is 0.115 e. The summed E-state index contributed by atoms with van der Waals surface area (Å²) in [5.74, 6) is 0. The second-order valence-electron chi connectivity index (χ2n) is 5.03. The normalized spacial score (nSPS) is 19.8. The van der Waals surface area contributed by atoms with Crippen molar-refractivity contribution in [1.82, 2.24) is 5.32 Å². The van der Waals surface area contributed by atoms with Gasteiger partial charge in [0.15, 0.2) is 0 Å². The number of aliphatic hydroxyl groups excluding tert-OH is 1. The Kier molecular flexibility index (Phi) is 3.39. The highest BCUT2D eigenvalue weighted by Gasteiger charge is 2.23. The van der Waals surface area contributed by atoms with Crippen LogP contribution in [0.15, 0.2) is 18.2 Å². The number of rotatable bonds is 2. The predicted octanol–water partition coefficient (Wildman–Crippen LogP) is 0.799. The van der Waals surface area contributed by atoms with E-state index in [1.54, 1.807) is 0 Å². The van der Waals surface area contributed by atoms with E-state index in [1.165, 1.54) is 16.9 Å². The minimum Gasteiger partial charge on any atom is -0.376 e. The van der Waals surface area contributed by atoms with E-state index in [2.05, 4.69) is 33.3 Å². The van der Waals surface area contributed by atoms with Crippen LogP contribution in [0.1, 0.15) is 12.0 Å². The number of anilines is 2. The van der Waals surface area contributed by atoms with Crippen LogP contribution < -0.4 is 15.1 Å². The fourth-order valence-corrected chi connectivity index (χ4v) is 3.02. The molecule has 98 valence electrons. The minimum atomic E-state index is 0.121. The van der Waals surface area contributed by atoms with Crippen molar-refractivity contribution in [1.29, 1.82) is 0 Å². The predicted molar refractivity (Wildman–Crippen MR) is 74.3 cm³/mol. The fraction of sp³-hybridized carbons (Fsp3) is 0.571. The zero-order chi connectivity index (χ0) is 12.4. The summed E-state index contributed by atoms with van der Waals surface area (Å²) in [5.41, 5.74) is 3.93. The zero-order valence-electron chi connectivity index (χ0n) is 10.7. The molecule has 4 nitrogen and oxygen atoms in total. The number of piperazine rings is 1. The number of para-hydroxylation sites is 1. The molecule has 0 saturated carbocycles. The van der Waals surface area contributed by atoms with Gasteiger partial charge in [-0.15, -0.1) is 0 Å². The van der Waals surface area contributed by atoms with Crippen LogP contribution in [0, 0.1) is 0 Å². The molecule has 3 rings (SSSR count). The standard InChI is InChI=1S/C14H21N3O/c18-11-17-8-2-4-12-3-1-5-13(14(12)17)16-9-6-15-7-10-16/h1,3,5,15,18H,2,4,6-11H2. The van der Waals surface area contributed by atoms with Crippen LogP contribution in [0.5, 0.6) is 0 Å². The Hall–Kier alpha value is -1.26. The van der Waals surface area contributed by atoms with Crippen LogP contribution in [-0.4, -0.2) is 44.6 Å². The second kappa shape index (κ2) is 5.16. The van der Waals surface area contributed by atoms with Crippen molar-refractivity contribution in [3.63, 3.8) is 0 Å². The highest BCUT2D eigenvalue weighted by Crippen LogP contribution is 2.36. The lowest BCUT2D eigenvalue weighted by atomic mass is 10.00. The van der Waals surface area contributed by atoms with Gasteiger partial charge in [0.05, 0.1) is 11.4 Å². The second-order valence-corrected chi connectivity index (χ2v) is 5.03. The highest BCUT2D eigenvalue weighted by atomic mass is 16.3. The smallest absolute Gasteiger partial charge is 0.115 e. The molecule has 0 radical (unpaired) electrons. The van der Waals surface area contributed by atoms with E-state index in [0.717, 1.165) is 45.6 Å². The Bertz CT molecular complexity index is 416. The van der Waals surface area contributed by atoms with Crippen molar-refractivity contribution in [2.75, 3.05) is 49.3 Å². The number of aryl methyl sites for hydroxylation is 1. The number of benzene rings is 1. The van der Waals surface area contributed by atoms with E-state index in [4.69, 9.17) is 0 Å². The van der Waals surface area contributed by atoms with Gasteiger partial charge >= 0.3 is 0 Å². The van der Waals surface area contributed by atoms with Crippen molar-refractivity contribution in [3.8, 4) is 0 Å². The Labute approximate surface area is 108 Å². The largest absolute Gasteiger partial charge is 0.376 e. The fourth-order valence-electron chi connectivity index (χ4n) is 3.02. The lowest BCUT2D eigenvalue weighted by Gasteiger charge is -2.37. The maximum absolute atomic E-state index is 9.56. The Morgan fingerprint density at radius 1 is 1.17 bits per heavy atom. The summed E-state index contributed by atoms with van der Waals surface area (Å²) < 4.78 is 0. The van der Waals surface area contributed by atoms with Crippen LogP contribution in [0.2, 0.25) is 0 Å². The van der Waals surface area contributed by atoms with Crippen LogP contribution in [0.3, 0.4) is 0 Å². The van der Waals surface area contributed by atoms with Crippen molar-refractivity contribution in [2.45, 2.75) is 12.8 Å². The number of nitrogens with one attached hydrogen (secondary N) is 1. The van der Waals surface area contributed by atoms with E-state index < -0.39 is 0 Å². The molecule has 2 N–H and O–H groups in total. The van der Waals surface area contributed by atoms with Crippen molar-refractivity contribution < 1.29 is 5.11 Å². The molecule has 0 atom stereocenters. The summed E-state index contributed by atoms with van der Waals surface area (Å²) in [4.78, 5) is 4.54. The van der Waals surface area contributed by atoms with Gasteiger partial charge in [-0.25, -0.2) is 0 Å². The Morgan fingerprint density at radius 2 is 2.00 bits per heavy atom. The number of nitrogens with zero attached hydrogens (tertiary/aromatic N) is 2. The van der Waals surface area contributed by atoms with Gasteiger partial charge in [0, 0.05) is 32.7 Å². The van der Waals surface area contributed by atoms with Gasteiger partial charge in [0.1, 0.15) is 6.73 Å². The van der Waals surface area contributed by atoms with Crippen molar-refractivity contribution >= 4 is 11.4 Å². The quantitative estimate of drug-likeness (QED) is 0.811. The molecule has 0 aliphatic carbocycles.